The van der Waals surface area contributed by atoms with Gasteiger partial charge >= 0.3 is 0 Å². The fourth-order valence-corrected chi connectivity index (χ4v) is 3.65. The van der Waals surface area contributed by atoms with Crippen LogP contribution in [0, 0.1) is 11.8 Å². The summed E-state index contributed by atoms with van der Waals surface area (Å²) in [5.41, 5.74) is 0. The number of nitrogens with one attached hydrogen (secondary N) is 2. The number of hydrogen-bond donors (Lipinski definition) is 2. The van der Waals surface area contributed by atoms with E-state index in [1.807, 2.05) is 0 Å². The summed E-state index contributed by atoms with van der Waals surface area (Å²) >= 11 is 5.82. The summed E-state index contributed by atoms with van der Waals surface area (Å²) in [7, 11) is 0. The molecule has 1 aromatic heterocycles. The normalized spacial score (nSPS) is 23.6. The number of carbonyl (C=O) groups is 1. The van der Waals surface area contributed by atoms with Gasteiger partial charge in [0.15, 0.2) is 0 Å². The minimum atomic E-state index is 0.0583. The summed E-state index contributed by atoms with van der Waals surface area (Å²) in [4.78, 5) is 19.1. The van der Waals surface area contributed by atoms with E-state index in [9.17, 15) is 4.79 Å². The zero-order chi connectivity index (χ0) is 16.1. The summed E-state index contributed by atoms with van der Waals surface area (Å²) in [5.74, 6) is 1.49. The van der Waals surface area contributed by atoms with Gasteiger partial charge in [0.2, 0.25) is 5.91 Å². The van der Waals surface area contributed by atoms with Gasteiger partial charge in [-0.25, -0.2) is 4.98 Å². The second kappa shape index (κ2) is 8.08. The van der Waals surface area contributed by atoms with Crippen molar-refractivity contribution in [2.75, 3.05) is 38.0 Å². The third-order valence-corrected chi connectivity index (χ3v) is 5.05. The SMILES string of the molecule is O=C(Nc1ccc(Cl)cn1)C1CCCN(CC2CCNCC2)C1. The molecule has 1 amide bonds. The van der Waals surface area contributed by atoms with Crippen molar-refractivity contribution in [3.05, 3.63) is 23.4 Å². The molecule has 126 valence electrons. The summed E-state index contributed by atoms with van der Waals surface area (Å²) in [5, 5.41) is 6.91. The van der Waals surface area contributed by atoms with E-state index in [-0.39, 0.29) is 11.8 Å². The number of nitrogens with zero attached hydrogens (tertiary/aromatic N) is 2. The summed E-state index contributed by atoms with van der Waals surface area (Å²) in [6.07, 6.45) is 6.12. The van der Waals surface area contributed by atoms with Gasteiger partial charge in [0.1, 0.15) is 5.82 Å². The summed E-state index contributed by atoms with van der Waals surface area (Å²) < 4.78 is 0. The molecule has 0 saturated carbocycles. The van der Waals surface area contributed by atoms with Gasteiger partial charge in [-0.2, -0.15) is 0 Å². The first-order valence-electron chi connectivity index (χ1n) is 8.56. The lowest BCUT2D eigenvalue weighted by Gasteiger charge is -2.35. The van der Waals surface area contributed by atoms with Gasteiger partial charge in [-0.05, 0) is 63.4 Å². The molecule has 0 bridgehead atoms. The molecule has 3 heterocycles. The molecule has 0 aliphatic carbocycles. The first kappa shape index (κ1) is 16.7. The van der Waals surface area contributed by atoms with Crippen LogP contribution in [-0.2, 0) is 4.79 Å². The van der Waals surface area contributed by atoms with Gasteiger partial charge in [0.05, 0.1) is 10.9 Å². The highest BCUT2D eigenvalue weighted by Gasteiger charge is 2.27. The van der Waals surface area contributed by atoms with Gasteiger partial charge in [-0.3, -0.25) is 4.79 Å². The molecule has 0 spiro atoms. The maximum atomic E-state index is 12.5. The van der Waals surface area contributed by atoms with Crippen molar-refractivity contribution in [2.24, 2.45) is 11.8 Å². The average molecular weight is 337 g/mol. The van der Waals surface area contributed by atoms with Gasteiger partial charge in [0, 0.05) is 19.3 Å². The zero-order valence-corrected chi connectivity index (χ0v) is 14.2. The Hall–Kier alpha value is -1.17. The highest BCUT2D eigenvalue weighted by Crippen LogP contribution is 2.22. The molecule has 1 atom stereocenters. The molecule has 2 aliphatic rings. The van der Waals surface area contributed by atoms with Crippen LogP contribution in [0.2, 0.25) is 5.02 Å². The van der Waals surface area contributed by atoms with Crippen LogP contribution < -0.4 is 10.6 Å². The van der Waals surface area contributed by atoms with Gasteiger partial charge < -0.3 is 15.5 Å². The summed E-state index contributed by atoms with van der Waals surface area (Å²) in [6.45, 7) is 5.37. The second-order valence-electron chi connectivity index (χ2n) is 6.64. The Morgan fingerprint density at radius 2 is 2.17 bits per heavy atom. The highest BCUT2D eigenvalue weighted by atomic mass is 35.5. The monoisotopic (exact) mass is 336 g/mol. The first-order chi connectivity index (χ1) is 11.2. The molecule has 6 heteroatoms. The minimum Gasteiger partial charge on any atom is -0.317 e. The number of carbonyl (C=O) groups excluding carboxylic acids is 1. The molecule has 5 nitrogen and oxygen atoms in total. The fraction of sp³-hybridized carbons (Fsp3) is 0.647. The molecule has 1 aromatic rings. The van der Waals surface area contributed by atoms with E-state index < -0.39 is 0 Å². The molecule has 3 rings (SSSR count). The van der Waals surface area contributed by atoms with Crippen molar-refractivity contribution in [1.82, 2.24) is 15.2 Å². The van der Waals surface area contributed by atoms with E-state index in [1.165, 1.54) is 12.8 Å². The first-order valence-corrected chi connectivity index (χ1v) is 8.94. The lowest BCUT2D eigenvalue weighted by molar-refractivity contribution is -0.121. The number of aromatic nitrogens is 1. The van der Waals surface area contributed by atoms with Crippen molar-refractivity contribution in [3.63, 3.8) is 0 Å². The van der Waals surface area contributed by atoms with E-state index in [0.717, 1.165) is 51.5 Å². The number of piperidine rings is 2. The topological polar surface area (TPSA) is 57.3 Å². The van der Waals surface area contributed by atoms with Crippen LogP contribution >= 0.6 is 11.6 Å². The Morgan fingerprint density at radius 3 is 2.91 bits per heavy atom. The van der Waals surface area contributed by atoms with E-state index in [1.54, 1.807) is 18.3 Å². The smallest absolute Gasteiger partial charge is 0.229 e. The molecular formula is C17H25ClN4O. The molecular weight excluding hydrogens is 312 g/mol. The van der Waals surface area contributed by atoms with Gasteiger partial charge in [0.25, 0.3) is 0 Å². The van der Waals surface area contributed by atoms with Crippen LogP contribution in [0.15, 0.2) is 18.3 Å². The Labute approximate surface area is 142 Å². The number of pyridine rings is 1. The fourth-order valence-electron chi connectivity index (χ4n) is 3.54. The van der Waals surface area contributed by atoms with E-state index in [4.69, 9.17) is 11.6 Å². The van der Waals surface area contributed by atoms with Crippen LogP contribution in [0.4, 0.5) is 5.82 Å². The minimum absolute atomic E-state index is 0.0583. The number of likely N-dealkylation sites (tertiary alicyclic amines) is 1. The molecule has 2 fully saturated rings. The lowest BCUT2D eigenvalue weighted by Crippen LogP contribution is -2.44. The molecule has 2 saturated heterocycles. The van der Waals surface area contributed by atoms with E-state index in [0.29, 0.717) is 10.8 Å². The predicted molar refractivity (Wildman–Crippen MR) is 92.6 cm³/mol. The molecule has 0 aromatic carbocycles. The number of anilines is 1. The standard InChI is InChI=1S/C17H25ClN4O/c18-15-3-4-16(20-10-15)21-17(23)14-2-1-9-22(12-14)11-13-5-7-19-8-6-13/h3-4,10,13-14,19H,1-2,5-9,11-12H2,(H,20,21,23). The number of hydrogen-bond acceptors (Lipinski definition) is 4. The molecule has 1 unspecified atom stereocenters. The maximum Gasteiger partial charge on any atom is 0.229 e. The average Bonchev–Trinajstić information content (AvgIpc) is 2.58. The Bertz CT molecular complexity index is 516. The van der Waals surface area contributed by atoms with Crippen molar-refractivity contribution < 1.29 is 4.79 Å². The Balaban J connectivity index is 1.50. The molecule has 2 N–H and O–H groups in total. The van der Waals surface area contributed by atoms with Crippen LogP contribution in [0.5, 0.6) is 0 Å². The van der Waals surface area contributed by atoms with Crippen molar-refractivity contribution in [2.45, 2.75) is 25.7 Å². The van der Waals surface area contributed by atoms with Crippen molar-refractivity contribution in [3.8, 4) is 0 Å². The third-order valence-electron chi connectivity index (χ3n) is 4.83. The van der Waals surface area contributed by atoms with Gasteiger partial charge in [-0.1, -0.05) is 11.6 Å². The molecule has 2 aliphatic heterocycles. The zero-order valence-electron chi connectivity index (χ0n) is 13.4. The highest BCUT2D eigenvalue weighted by molar-refractivity contribution is 6.30. The second-order valence-corrected chi connectivity index (χ2v) is 7.08. The van der Waals surface area contributed by atoms with Crippen LogP contribution in [0.1, 0.15) is 25.7 Å². The quantitative estimate of drug-likeness (QED) is 0.886. The largest absolute Gasteiger partial charge is 0.317 e. The maximum absolute atomic E-state index is 12.5. The summed E-state index contributed by atoms with van der Waals surface area (Å²) in [6, 6.07) is 3.49. The molecule has 23 heavy (non-hydrogen) atoms. The van der Waals surface area contributed by atoms with Crippen LogP contribution in [0.3, 0.4) is 0 Å². The number of amides is 1. The van der Waals surface area contributed by atoms with Crippen LogP contribution in [0.25, 0.3) is 0 Å². The Kier molecular flexibility index (Phi) is 5.86. The van der Waals surface area contributed by atoms with Crippen molar-refractivity contribution in [1.29, 1.82) is 0 Å². The van der Waals surface area contributed by atoms with Crippen molar-refractivity contribution >= 4 is 23.3 Å². The van der Waals surface area contributed by atoms with E-state index in [2.05, 4.69) is 20.5 Å². The number of rotatable bonds is 4. The predicted octanol–water partition coefficient (Wildman–Crippen LogP) is 2.39. The number of halogens is 1. The lowest BCUT2D eigenvalue weighted by atomic mass is 9.93. The third kappa shape index (κ3) is 4.90. The Morgan fingerprint density at radius 1 is 1.35 bits per heavy atom. The van der Waals surface area contributed by atoms with Gasteiger partial charge in [-0.15, -0.1) is 0 Å². The molecule has 0 radical (unpaired) electrons. The van der Waals surface area contributed by atoms with E-state index >= 15 is 0 Å². The van der Waals surface area contributed by atoms with Crippen LogP contribution in [-0.4, -0.2) is 48.5 Å².